The number of para-hydroxylation sites is 1. The Hall–Kier alpha value is -3.47. The van der Waals surface area contributed by atoms with Crippen LogP contribution in [0.15, 0.2) is 30.3 Å². The zero-order chi connectivity index (χ0) is 23.4. The average molecular weight is 445 g/mol. The molecule has 1 aromatic carbocycles. The van der Waals surface area contributed by atoms with Gasteiger partial charge in [0.2, 0.25) is 0 Å². The largest absolute Gasteiger partial charge is 0.481 e. The number of nitrogens with zero attached hydrogens (tertiary/aromatic N) is 5. The van der Waals surface area contributed by atoms with Crippen LogP contribution in [0.5, 0.6) is 0 Å². The zero-order valence-electron chi connectivity index (χ0n) is 18.0. The number of amides is 2. The summed E-state index contributed by atoms with van der Waals surface area (Å²) in [5.74, 6) is -2.52. The van der Waals surface area contributed by atoms with Gasteiger partial charge < -0.3 is 25.1 Å². The van der Waals surface area contributed by atoms with Crippen molar-refractivity contribution in [2.24, 2.45) is 11.8 Å². The molecule has 11 nitrogen and oxygen atoms in total. The SMILES string of the molecule is CC(C)CN(C(=O)c1nnn(-c2ccccc2)c1CO)[C@H]1C[C@@H](C(=O)O)CN(C(=O)O)C1. The van der Waals surface area contributed by atoms with Crippen molar-refractivity contribution < 1.29 is 29.7 Å². The van der Waals surface area contributed by atoms with Gasteiger partial charge in [-0.3, -0.25) is 9.59 Å². The van der Waals surface area contributed by atoms with Crippen LogP contribution in [0.3, 0.4) is 0 Å². The number of carbonyl (C=O) groups is 3. The number of aliphatic hydroxyl groups is 1. The van der Waals surface area contributed by atoms with E-state index < -0.39 is 36.5 Å². The number of hydrogen-bond acceptors (Lipinski definition) is 6. The molecule has 0 unspecified atom stereocenters. The third-order valence-electron chi connectivity index (χ3n) is 5.43. The fraction of sp³-hybridized carbons (Fsp3) is 0.476. The van der Waals surface area contributed by atoms with E-state index in [1.807, 2.05) is 19.9 Å². The molecular weight excluding hydrogens is 418 g/mol. The van der Waals surface area contributed by atoms with E-state index in [0.717, 1.165) is 4.90 Å². The van der Waals surface area contributed by atoms with Crippen molar-refractivity contribution in [2.75, 3.05) is 19.6 Å². The Kier molecular flexibility index (Phi) is 7.08. The first kappa shape index (κ1) is 23.2. The van der Waals surface area contributed by atoms with E-state index in [1.165, 1.54) is 9.58 Å². The van der Waals surface area contributed by atoms with Crippen LogP contribution in [-0.4, -0.2) is 83.8 Å². The summed E-state index contributed by atoms with van der Waals surface area (Å²) in [7, 11) is 0. The lowest BCUT2D eigenvalue weighted by Gasteiger charge is -2.41. The average Bonchev–Trinajstić information content (AvgIpc) is 3.21. The number of aliphatic carboxylic acids is 1. The second-order valence-electron chi connectivity index (χ2n) is 8.25. The molecule has 0 aliphatic carbocycles. The molecule has 32 heavy (non-hydrogen) atoms. The summed E-state index contributed by atoms with van der Waals surface area (Å²) in [5.41, 5.74) is 0.783. The Morgan fingerprint density at radius 2 is 1.84 bits per heavy atom. The molecule has 2 amide bonds. The number of carbonyl (C=O) groups excluding carboxylic acids is 1. The predicted molar refractivity (Wildman–Crippen MR) is 112 cm³/mol. The van der Waals surface area contributed by atoms with Gasteiger partial charge in [0.1, 0.15) is 5.69 Å². The van der Waals surface area contributed by atoms with Crippen LogP contribution in [0.2, 0.25) is 0 Å². The Morgan fingerprint density at radius 1 is 1.16 bits per heavy atom. The molecule has 0 spiro atoms. The van der Waals surface area contributed by atoms with Crippen LogP contribution < -0.4 is 0 Å². The van der Waals surface area contributed by atoms with Crippen molar-refractivity contribution in [2.45, 2.75) is 32.9 Å². The lowest BCUT2D eigenvalue weighted by molar-refractivity contribution is -0.144. The van der Waals surface area contributed by atoms with Crippen molar-refractivity contribution >= 4 is 18.0 Å². The Labute approximate surface area is 184 Å². The highest BCUT2D eigenvalue weighted by atomic mass is 16.4. The Morgan fingerprint density at radius 3 is 2.41 bits per heavy atom. The number of carboxylic acids is 1. The maximum Gasteiger partial charge on any atom is 0.407 e. The van der Waals surface area contributed by atoms with Crippen LogP contribution in [0.1, 0.15) is 36.5 Å². The molecule has 0 bridgehead atoms. The minimum Gasteiger partial charge on any atom is -0.481 e. The molecule has 0 saturated carbocycles. The van der Waals surface area contributed by atoms with Gasteiger partial charge in [-0.05, 0) is 24.5 Å². The molecule has 11 heteroatoms. The normalized spacial score (nSPS) is 18.6. The molecule has 1 aliphatic heterocycles. The lowest BCUT2D eigenvalue weighted by Crippen LogP contribution is -2.56. The number of benzene rings is 1. The van der Waals surface area contributed by atoms with E-state index in [1.54, 1.807) is 24.3 Å². The van der Waals surface area contributed by atoms with Crippen LogP contribution in [0.4, 0.5) is 4.79 Å². The molecule has 1 aliphatic rings. The molecule has 1 saturated heterocycles. The van der Waals surface area contributed by atoms with Crippen molar-refractivity contribution in [3.63, 3.8) is 0 Å². The van der Waals surface area contributed by atoms with E-state index >= 15 is 0 Å². The number of carboxylic acid groups (broad SMARTS) is 2. The van der Waals surface area contributed by atoms with Crippen LogP contribution in [0.25, 0.3) is 5.69 Å². The summed E-state index contributed by atoms with van der Waals surface area (Å²) >= 11 is 0. The monoisotopic (exact) mass is 445 g/mol. The lowest BCUT2D eigenvalue weighted by atomic mass is 9.92. The van der Waals surface area contributed by atoms with Gasteiger partial charge in [-0.1, -0.05) is 37.3 Å². The number of piperidine rings is 1. The smallest absolute Gasteiger partial charge is 0.407 e. The standard InChI is InChI=1S/C21H27N5O6/c1-13(2)9-25(16-8-14(20(29)30)10-24(11-16)21(31)32)19(28)18-17(12-27)26(23-22-18)15-6-4-3-5-7-15/h3-7,13-14,16,27H,8-12H2,1-2H3,(H,29,30)(H,31,32)/t14-,16+/m1/s1. The van der Waals surface area contributed by atoms with Gasteiger partial charge in [0.05, 0.1) is 24.3 Å². The first-order chi connectivity index (χ1) is 15.2. The molecule has 3 rings (SSSR count). The Balaban J connectivity index is 1.97. The van der Waals surface area contributed by atoms with Crippen molar-refractivity contribution in [1.82, 2.24) is 24.8 Å². The summed E-state index contributed by atoms with van der Waals surface area (Å²) in [6, 6.07) is 8.28. The fourth-order valence-electron chi connectivity index (χ4n) is 3.95. The molecule has 2 atom stereocenters. The number of hydrogen-bond donors (Lipinski definition) is 3. The summed E-state index contributed by atoms with van der Waals surface area (Å²) in [6.07, 6.45) is -1.11. The predicted octanol–water partition coefficient (Wildman–Crippen LogP) is 1.31. The summed E-state index contributed by atoms with van der Waals surface area (Å²) in [5, 5.41) is 37.0. The van der Waals surface area contributed by atoms with Crippen molar-refractivity contribution in [1.29, 1.82) is 0 Å². The second-order valence-corrected chi connectivity index (χ2v) is 8.25. The van der Waals surface area contributed by atoms with E-state index in [0.29, 0.717) is 5.69 Å². The van der Waals surface area contributed by atoms with Gasteiger partial charge in [0.15, 0.2) is 5.69 Å². The highest BCUT2D eigenvalue weighted by Crippen LogP contribution is 2.25. The van der Waals surface area contributed by atoms with Gasteiger partial charge in [0, 0.05) is 19.6 Å². The quantitative estimate of drug-likeness (QED) is 0.577. The first-order valence-corrected chi connectivity index (χ1v) is 10.3. The minimum absolute atomic E-state index is 0.00114. The number of aromatic nitrogens is 3. The maximum absolute atomic E-state index is 13.5. The van der Waals surface area contributed by atoms with E-state index in [4.69, 9.17) is 0 Å². The van der Waals surface area contributed by atoms with Gasteiger partial charge >= 0.3 is 12.1 Å². The van der Waals surface area contributed by atoms with Gasteiger partial charge in [-0.25, -0.2) is 9.48 Å². The van der Waals surface area contributed by atoms with E-state index in [2.05, 4.69) is 10.3 Å². The van der Waals surface area contributed by atoms with Gasteiger partial charge in [-0.2, -0.15) is 0 Å². The molecule has 1 fully saturated rings. The molecule has 3 N–H and O–H groups in total. The number of rotatable bonds is 7. The molecule has 0 radical (unpaired) electrons. The summed E-state index contributed by atoms with van der Waals surface area (Å²) in [4.78, 5) is 39.3. The molecule has 2 heterocycles. The van der Waals surface area contributed by atoms with Crippen LogP contribution in [-0.2, 0) is 11.4 Å². The third kappa shape index (κ3) is 4.88. The summed E-state index contributed by atoms with van der Waals surface area (Å²) in [6.45, 7) is 3.46. The fourth-order valence-corrected chi connectivity index (χ4v) is 3.95. The highest BCUT2D eigenvalue weighted by molar-refractivity contribution is 5.93. The van der Waals surface area contributed by atoms with Gasteiger partial charge in [0.25, 0.3) is 5.91 Å². The maximum atomic E-state index is 13.5. The third-order valence-corrected chi connectivity index (χ3v) is 5.43. The molecule has 172 valence electrons. The van der Waals surface area contributed by atoms with Crippen molar-refractivity contribution in [3.05, 3.63) is 41.7 Å². The topological polar surface area (TPSA) is 149 Å². The Bertz CT molecular complexity index is 954. The highest BCUT2D eigenvalue weighted by Gasteiger charge is 2.39. The first-order valence-electron chi connectivity index (χ1n) is 10.3. The van der Waals surface area contributed by atoms with Crippen LogP contribution >= 0.6 is 0 Å². The van der Waals surface area contributed by atoms with Crippen LogP contribution in [0, 0.1) is 11.8 Å². The molecule has 2 aromatic rings. The number of likely N-dealkylation sites (tertiary alicyclic amines) is 1. The minimum atomic E-state index is -1.23. The zero-order valence-corrected chi connectivity index (χ0v) is 18.0. The summed E-state index contributed by atoms with van der Waals surface area (Å²) < 4.78 is 1.38. The van der Waals surface area contributed by atoms with E-state index in [9.17, 15) is 29.7 Å². The molecule has 1 aromatic heterocycles. The van der Waals surface area contributed by atoms with Gasteiger partial charge in [-0.15, -0.1) is 5.10 Å². The molecular formula is C21H27N5O6. The van der Waals surface area contributed by atoms with Crippen molar-refractivity contribution in [3.8, 4) is 5.69 Å². The number of aliphatic hydroxyl groups excluding tert-OH is 1. The van der Waals surface area contributed by atoms with E-state index in [-0.39, 0.29) is 43.4 Å². The second kappa shape index (κ2) is 9.77.